The lowest BCUT2D eigenvalue weighted by Crippen LogP contribution is -2.32. The van der Waals surface area contributed by atoms with Crippen molar-refractivity contribution in [2.45, 2.75) is 44.6 Å². The molecule has 4 nitrogen and oxygen atoms in total. The molecule has 1 aromatic rings. The maximum Gasteiger partial charge on any atom is 0.223 e. The molecular weight excluding hydrogens is 295 g/mol. The monoisotopic (exact) mass is 320 g/mol. The van der Waals surface area contributed by atoms with Crippen molar-refractivity contribution >= 4 is 5.91 Å². The summed E-state index contributed by atoms with van der Waals surface area (Å²) >= 11 is 0. The number of rotatable bonds is 5. The number of methoxy groups -OCH3 is 1. The fraction of sp³-hybridized carbons (Fsp3) is 0.611. The van der Waals surface area contributed by atoms with Crippen LogP contribution in [0.25, 0.3) is 0 Å². The quantitative estimate of drug-likeness (QED) is 0.875. The lowest BCUT2D eigenvalue weighted by atomic mass is 9.82. The molecule has 1 aromatic carbocycles. The van der Waals surface area contributed by atoms with Crippen LogP contribution in [0, 0.1) is 17.2 Å². The van der Waals surface area contributed by atoms with Crippen molar-refractivity contribution in [2.75, 3.05) is 13.7 Å². The van der Waals surface area contributed by atoms with Gasteiger partial charge >= 0.3 is 0 Å². The first kappa shape index (κ1) is 16.2. The predicted octanol–water partition coefficient (Wildman–Crippen LogP) is 2.40. The van der Waals surface area contributed by atoms with E-state index in [2.05, 4.69) is 5.32 Å². The van der Waals surface area contributed by atoms with E-state index < -0.39 is 0 Å². The third-order valence-corrected chi connectivity index (χ3v) is 5.47. The van der Waals surface area contributed by atoms with Crippen molar-refractivity contribution in [3.05, 3.63) is 29.6 Å². The van der Waals surface area contributed by atoms with Gasteiger partial charge in [0, 0.05) is 18.5 Å². The normalized spacial score (nSPS) is 29.3. The molecule has 3 rings (SSSR count). The van der Waals surface area contributed by atoms with E-state index >= 15 is 0 Å². The molecule has 5 heteroatoms. The van der Waals surface area contributed by atoms with Gasteiger partial charge in [-0.2, -0.15) is 0 Å². The first-order valence-corrected chi connectivity index (χ1v) is 8.40. The van der Waals surface area contributed by atoms with Gasteiger partial charge < -0.3 is 15.8 Å². The minimum atomic E-state index is -0.285. The Morgan fingerprint density at radius 1 is 1.43 bits per heavy atom. The third kappa shape index (κ3) is 3.50. The Bertz CT molecular complexity index is 582. The average molecular weight is 320 g/mol. The number of hydrogen-bond acceptors (Lipinski definition) is 3. The van der Waals surface area contributed by atoms with Gasteiger partial charge in [0.05, 0.1) is 7.11 Å². The molecule has 3 N–H and O–H groups in total. The number of hydrogen-bond donors (Lipinski definition) is 2. The Labute approximate surface area is 136 Å². The van der Waals surface area contributed by atoms with E-state index in [-0.39, 0.29) is 23.1 Å². The maximum atomic E-state index is 13.3. The van der Waals surface area contributed by atoms with Crippen LogP contribution in [0.3, 0.4) is 0 Å². The Morgan fingerprint density at radius 2 is 2.17 bits per heavy atom. The minimum Gasteiger partial charge on any atom is -0.496 e. The topological polar surface area (TPSA) is 64.3 Å². The van der Waals surface area contributed by atoms with Crippen LogP contribution < -0.4 is 15.8 Å². The van der Waals surface area contributed by atoms with Crippen LogP contribution >= 0.6 is 0 Å². The molecule has 0 aromatic heterocycles. The average Bonchev–Trinajstić information content (AvgIpc) is 3.25. The number of ether oxygens (including phenoxy) is 1. The highest BCUT2D eigenvalue weighted by atomic mass is 19.1. The van der Waals surface area contributed by atoms with Gasteiger partial charge in [-0.05, 0) is 67.7 Å². The number of carbonyl (C=O) groups excluding carboxylic acids is 1. The summed E-state index contributed by atoms with van der Waals surface area (Å²) in [6.45, 7) is 0.505. The summed E-state index contributed by atoms with van der Waals surface area (Å²) < 4.78 is 18.6. The fourth-order valence-electron chi connectivity index (χ4n) is 3.87. The molecule has 1 atom stereocenters. The van der Waals surface area contributed by atoms with E-state index in [1.807, 2.05) is 0 Å². The fourth-order valence-corrected chi connectivity index (χ4v) is 3.87. The van der Waals surface area contributed by atoms with Gasteiger partial charge in [0.1, 0.15) is 11.6 Å². The summed E-state index contributed by atoms with van der Waals surface area (Å²) in [5.41, 5.74) is 6.94. The maximum absolute atomic E-state index is 13.3. The zero-order valence-corrected chi connectivity index (χ0v) is 13.6. The number of halogens is 1. The van der Waals surface area contributed by atoms with Crippen LogP contribution in [-0.2, 0) is 11.2 Å². The van der Waals surface area contributed by atoms with Gasteiger partial charge in [-0.15, -0.1) is 0 Å². The molecule has 2 saturated carbocycles. The van der Waals surface area contributed by atoms with Gasteiger partial charge in [0.2, 0.25) is 5.91 Å². The third-order valence-electron chi connectivity index (χ3n) is 5.47. The van der Waals surface area contributed by atoms with Gasteiger partial charge in [-0.3, -0.25) is 4.79 Å². The van der Waals surface area contributed by atoms with Gasteiger partial charge in [0.25, 0.3) is 0 Å². The Morgan fingerprint density at radius 3 is 2.87 bits per heavy atom. The molecule has 23 heavy (non-hydrogen) atoms. The van der Waals surface area contributed by atoms with E-state index in [1.165, 1.54) is 12.1 Å². The lowest BCUT2D eigenvalue weighted by Gasteiger charge is -2.26. The standard InChI is InChI=1S/C18H25FN2O2/c1-23-16-3-2-13(19)10-12(16)6-9-21-17(22)15-11-18(15)7-4-14(20)5-8-18/h2-3,10,14-15H,4-9,11,20H2,1H3,(H,21,22). The summed E-state index contributed by atoms with van der Waals surface area (Å²) in [6.07, 6.45) is 5.77. The smallest absolute Gasteiger partial charge is 0.223 e. The number of benzene rings is 1. The van der Waals surface area contributed by atoms with Crippen molar-refractivity contribution in [1.82, 2.24) is 5.32 Å². The van der Waals surface area contributed by atoms with Crippen molar-refractivity contribution in [1.29, 1.82) is 0 Å². The number of nitrogens with two attached hydrogens (primary N) is 1. The van der Waals surface area contributed by atoms with Crippen molar-refractivity contribution < 1.29 is 13.9 Å². The molecule has 0 bridgehead atoms. The summed E-state index contributed by atoms with van der Waals surface area (Å²) in [6, 6.07) is 4.77. The summed E-state index contributed by atoms with van der Waals surface area (Å²) in [7, 11) is 1.57. The molecule has 0 saturated heterocycles. The van der Waals surface area contributed by atoms with E-state index in [4.69, 9.17) is 10.5 Å². The number of nitrogens with one attached hydrogen (secondary N) is 1. The van der Waals surface area contributed by atoms with E-state index in [0.29, 0.717) is 24.8 Å². The second kappa shape index (κ2) is 6.48. The highest BCUT2D eigenvalue weighted by Crippen LogP contribution is 2.61. The largest absolute Gasteiger partial charge is 0.496 e. The van der Waals surface area contributed by atoms with E-state index in [0.717, 1.165) is 37.7 Å². The highest BCUT2D eigenvalue weighted by Gasteiger charge is 2.58. The lowest BCUT2D eigenvalue weighted by molar-refractivity contribution is -0.123. The molecule has 0 radical (unpaired) electrons. The molecule has 2 aliphatic rings. The summed E-state index contributed by atoms with van der Waals surface area (Å²) in [4.78, 5) is 12.3. The zero-order chi connectivity index (χ0) is 16.4. The first-order chi connectivity index (χ1) is 11.0. The van der Waals surface area contributed by atoms with Crippen LogP contribution in [0.4, 0.5) is 4.39 Å². The van der Waals surface area contributed by atoms with Crippen LogP contribution in [0.5, 0.6) is 5.75 Å². The molecule has 2 fully saturated rings. The molecule has 0 heterocycles. The van der Waals surface area contributed by atoms with Crippen LogP contribution in [0.1, 0.15) is 37.7 Å². The molecule has 1 spiro atoms. The molecule has 1 amide bonds. The van der Waals surface area contributed by atoms with Crippen molar-refractivity contribution in [2.24, 2.45) is 17.1 Å². The van der Waals surface area contributed by atoms with E-state index in [1.54, 1.807) is 13.2 Å². The first-order valence-electron chi connectivity index (χ1n) is 8.40. The molecular formula is C18H25FN2O2. The number of amides is 1. The zero-order valence-electron chi connectivity index (χ0n) is 13.6. The SMILES string of the molecule is COc1ccc(F)cc1CCNC(=O)C1CC12CCC(N)CC2. The number of carbonyl (C=O) groups is 1. The summed E-state index contributed by atoms with van der Waals surface area (Å²) in [5.74, 6) is 0.650. The van der Waals surface area contributed by atoms with E-state index in [9.17, 15) is 9.18 Å². The molecule has 0 aliphatic heterocycles. The van der Waals surface area contributed by atoms with Gasteiger partial charge in [-0.1, -0.05) is 0 Å². The van der Waals surface area contributed by atoms with Crippen LogP contribution in [0.2, 0.25) is 0 Å². The highest BCUT2D eigenvalue weighted by molar-refractivity contribution is 5.82. The van der Waals surface area contributed by atoms with Gasteiger partial charge in [-0.25, -0.2) is 4.39 Å². The molecule has 2 aliphatic carbocycles. The van der Waals surface area contributed by atoms with Crippen molar-refractivity contribution in [3.63, 3.8) is 0 Å². The van der Waals surface area contributed by atoms with Crippen LogP contribution in [0.15, 0.2) is 18.2 Å². The molecule has 126 valence electrons. The Balaban J connectivity index is 1.48. The molecule has 1 unspecified atom stereocenters. The van der Waals surface area contributed by atoms with Gasteiger partial charge in [0.15, 0.2) is 0 Å². The van der Waals surface area contributed by atoms with Crippen molar-refractivity contribution in [3.8, 4) is 5.75 Å². The second-order valence-corrected chi connectivity index (χ2v) is 6.95. The predicted molar refractivity (Wildman–Crippen MR) is 86.6 cm³/mol. The Kier molecular flexibility index (Phi) is 4.57. The van der Waals surface area contributed by atoms with Crippen LogP contribution in [-0.4, -0.2) is 25.6 Å². The summed E-state index contributed by atoms with van der Waals surface area (Å²) in [5, 5.41) is 3.00. The minimum absolute atomic E-state index is 0.135. The second-order valence-electron chi connectivity index (χ2n) is 6.95. The Hall–Kier alpha value is -1.62.